The summed E-state index contributed by atoms with van der Waals surface area (Å²) < 4.78 is 1.98. The molecule has 1 aliphatic rings. The molecule has 0 amide bonds. The van der Waals surface area contributed by atoms with Crippen molar-refractivity contribution in [2.45, 2.75) is 46.2 Å². The van der Waals surface area contributed by atoms with Gasteiger partial charge in [0.2, 0.25) is 0 Å². The summed E-state index contributed by atoms with van der Waals surface area (Å²) >= 11 is 0. The number of nitrogens with two attached hydrogens (primary N) is 1. The molecule has 102 valence electrons. The van der Waals surface area contributed by atoms with E-state index in [0.29, 0.717) is 18.0 Å². The maximum absolute atomic E-state index is 6.20. The second kappa shape index (κ2) is 5.02. The predicted molar refractivity (Wildman–Crippen MR) is 74.4 cm³/mol. The quantitative estimate of drug-likeness (QED) is 0.870. The summed E-state index contributed by atoms with van der Waals surface area (Å²) in [4.78, 5) is 2.50. The zero-order valence-corrected chi connectivity index (χ0v) is 12.3. The van der Waals surface area contributed by atoms with Gasteiger partial charge in [-0.15, -0.1) is 0 Å². The Kier molecular flexibility index (Phi) is 3.78. The molecular weight excluding hydrogens is 224 g/mol. The molecule has 0 aliphatic carbocycles. The van der Waals surface area contributed by atoms with Gasteiger partial charge in [-0.05, 0) is 39.7 Å². The number of likely N-dealkylation sites (tertiary alicyclic amines) is 1. The first-order chi connectivity index (χ1) is 8.41. The lowest BCUT2D eigenvalue weighted by atomic mass is 9.92. The smallest absolute Gasteiger partial charge is 0.0644 e. The van der Waals surface area contributed by atoms with Crippen molar-refractivity contribution in [1.29, 1.82) is 0 Å². The third-order valence-corrected chi connectivity index (χ3v) is 4.58. The molecule has 2 rings (SSSR count). The van der Waals surface area contributed by atoms with Crippen LogP contribution in [-0.4, -0.2) is 33.8 Å². The fraction of sp³-hybridized carbons (Fsp3) is 0.786. The van der Waals surface area contributed by atoms with Gasteiger partial charge in [-0.3, -0.25) is 9.58 Å². The summed E-state index contributed by atoms with van der Waals surface area (Å²) in [6.45, 7) is 10.9. The van der Waals surface area contributed by atoms with Crippen LogP contribution in [0.2, 0.25) is 0 Å². The van der Waals surface area contributed by atoms with Crippen molar-refractivity contribution < 1.29 is 0 Å². The SMILES string of the molecule is Cc1nn(C)c(C)c1C(C)N1CCC(C)C(N)C1. The molecule has 2 heterocycles. The van der Waals surface area contributed by atoms with E-state index < -0.39 is 0 Å². The first kappa shape index (κ1) is 13.6. The molecule has 1 aromatic rings. The molecule has 0 aromatic carbocycles. The van der Waals surface area contributed by atoms with E-state index in [-0.39, 0.29) is 0 Å². The summed E-state index contributed by atoms with van der Waals surface area (Å²) in [6, 6.07) is 0.718. The van der Waals surface area contributed by atoms with E-state index in [9.17, 15) is 0 Å². The molecule has 0 radical (unpaired) electrons. The molecule has 2 N–H and O–H groups in total. The van der Waals surface area contributed by atoms with Crippen molar-refractivity contribution in [3.63, 3.8) is 0 Å². The van der Waals surface area contributed by atoms with Gasteiger partial charge in [-0.2, -0.15) is 5.10 Å². The summed E-state index contributed by atoms with van der Waals surface area (Å²) in [5.41, 5.74) is 10.00. The zero-order valence-electron chi connectivity index (χ0n) is 12.3. The molecule has 1 aromatic heterocycles. The van der Waals surface area contributed by atoms with Crippen LogP contribution in [0.15, 0.2) is 0 Å². The maximum Gasteiger partial charge on any atom is 0.0644 e. The average Bonchev–Trinajstić information content (AvgIpc) is 2.56. The van der Waals surface area contributed by atoms with Crippen LogP contribution in [0.4, 0.5) is 0 Å². The van der Waals surface area contributed by atoms with Crippen LogP contribution >= 0.6 is 0 Å². The topological polar surface area (TPSA) is 47.1 Å². The monoisotopic (exact) mass is 250 g/mol. The van der Waals surface area contributed by atoms with Gasteiger partial charge in [-0.1, -0.05) is 6.92 Å². The molecule has 0 saturated carbocycles. The van der Waals surface area contributed by atoms with Gasteiger partial charge in [0.25, 0.3) is 0 Å². The lowest BCUT2D eigenvalue weighted by molar-refractivity contribution is 0.128. The highest BCUT2D eigenvalue weighted by molar-refractivity contribution is 5.27. The molecule has 18 heavy (non-hydrogen) atoms. The molecule has 4 heteroatoms. The fourth-order valence-corrected chi connectivity index (χ4v) is 3.05. The number of hydrogen-bond acceptors (Lipinski definition) is 3. The molecule has 3 atom stereocenters. The molecule has 1 saturated heterocycles. The van der Waals surface area contributed by atoms with E-state index in [1.54, 1.807) is 0 Å². The molecule has 0 spiro atoms. The van der Waals surface area contributed by atoms with Gasteiger partial charge in [-0.25, -0.2) is 0 Å². The highest BCUT2D eigenvalue weighted by atomic mass is 15.3. The molecular formula is C14H26N4. The minimum atomic E-state index is 0.304. The van der Waals surface area contributed by atoms with Crippen molar-refractivity contribution in [3.05, 3.63) is 17.0 Å². The average molecular weight is 250 g/mol. The van der Waals surface area contributed by atoms with Gasteiger partial charge in [0.05, 0.1) is 5.69 Å². The Morgan fingerprint density at radius 3 is 2.56 bits per heavy atom. The maximum atomic E-state index is 6.20. The standard InChI is InChI=1S/C14H26N4/c1-9-6-7-18(8-13(9)15)12(4)14-10(2)16-17(5)11(14)3/h9,12-13H,6-8,15H2,1-5H3. The minimum absolute atomic E-state index is 0.304. The number of aromatic nitrogens is 2. The summed E-state index contributed by atoms with van der Waals surface area (Å²) in [6.07, 6.45) is 1.20. The minimum Gasteiger partial charge on any atom is -0.326 e. The lowest BCUT2D eigenvalue weighted by Gasteiger charge is -2.38. The first-order valence-corrected chi connectivity index (χ1v) is 6.91. The highest BCUT2D eigenvalue weighted by Crippen LogP contribution is 2.29. The van der Waals surface area contributed by atoms with E-state index in [0.717, 1.165) is 18.8 Å². The van der Waals surface area contributed by atoms with Crippen LogP contribution in [-0.2, 0) is 7.05 Å². The van der Waals surface area contributed by atoms with Gasteiger partial charge < -0.3 is 5.73 Å². The van der Waals surface area contributed by atoms with Crippen LogP contribution in [0.25, 0.3) is 0 Å². The molecule has 1 aliphatic heterocycles. The van der Waals surface area contributed by atoms with Gasteiger partial charge in [0.1, 0.15) is 0 Å². The van der Waals surface area contributed by atoms with E-state index >= 15 is 0 Å². The van der Waals surface area contributed by atoms with Crippen molar-refractivity contribution in [2.24, 2.45) is 18.7 Å². The summed E-state index contributed by atoms with van der Waals surface area (Å²) in [7, 11) is 2.02. The van der Waals surface area contributed by atoms with Crippen LogP contribution in [0.3, 0.4) is 0 Å². The third kappa shape index (κ3) is 2.31. The molecule has 0 bridgehead atoms. The largest absolute Gasteiger partial charge is 0.326 e. The number of nitrogens with zero attached hydrogens (tertiary/aromatic N) is 3. The number of aryl methyl sites for hydroxylation is 2. The van der Waals surface area contributed by atoms with E-state index in [2.05, 4.69) is 37.7 Å². The van der Waals surface area contributed by atoms with Gasteiger partial charge >= 0.3 is 0 Å². The Labute approximate surface area is 110 Å². The second-order valence-corrected chi connectivity index (χ2v) is 5.81. The van der Waals surface area contributed by atoms with Crippen molar-refractivity contribution in [3.8, 4) is 0 Å². The van der Waals surface area contributed by atoms with Crippen LogP contribution in [0, 0.1) is 19.8 Å². The van der Waals surface area contributed by atoms with E-state index in [4.69, 9.17) is 5.73 Å². The normalized spacial score (nSPS) is 27.4. The van der Waals surface area contributed by atoms with Gasteiger partial charge in [0.15, 0.2) is 0 Å². The Morgan fingerprint density at radius 1 is 1.39 bits per heavy atom. The molecule has 3 unspecified atom stereocenters. The Bertz CT molecular complexity index is 424. The van der Waals surface area contributed by atoms with Crippen molar-refractivity contribution in [2.75, 3.05) is 13.1 Å². The van der Waals surface area contributed by atoms with E-state index in [1.165, 1.54) is 17.7 Å². The van der Waals surface area contributed by atoms with Crippen LogP contribution in [0.1, 0.15) is 43.3 Å². The summed E-state index contributed by atoms with van der Waals surface area (Å²) in [5, 5.41) is 4.52. The van der Waals surface area contributed by atoms with Crippen molar-refractivity contribution in [1.82, 2.24) is 14.7 Å². The van der Waals surface area contributed by atoms with Crippen LogP contribution in [0.5, 0.6) is 0 Å². The number of hydrogen-bond donors (Lipinski definition) is 1. The number of piperidine rings is 1. The predicted octanol–water partition coefficient (Wildman–Crippen LogP) is 1.77. The first-order valence-electron chi connectivity index (χ1n) is 6.91. The number of rotatable bonds is 2. The van der Waals surface area contributed by atoms with Crippen LogP contribution < -0.4 is 5.73 Å². The Hall–Kier alpha value is -0.870. The second-order valence-electron chi connectivity index (χ2n) is 5.81. The van der Waals surface area contributed by atoms with Gasteiger partial charge in [0, 0.05) is 36.9 Å². The zero-order chi connectivity index (χ0) is 13.4. The fourth-order valence-electron chi connectivity index (χ4n) is 3.05. The molecule has 1 fully saturated rings. The summed E-state index contributed by atoms with van der Waals surface area (Å²) in [5.74, 6) is 0.643. The highest BCUT2D eigenvalue weighted by Gasteiger charge is 2.29. The third-order valence-electron chi connectivity index (χ3n) is 4.58. The van der Waals surface area contributed by atoms with E-state index in [1.807, 2.05) is 11.7 Å². The molecule has 4 nitrogen and oxygen atoms in total. The lowest BCUT2D eigenvalue weighted by Crippen LogP contribution is -2.48. The Balaban J connectivity index is 2.18. The van der Waals surface area contributed by atoms with Crippen molar-refractivity contribution >= 4 is 0 Å². The Morgan fingerprint density at radius 2 is 2.06 bits per heavy atom.